The lowest BCUT2D eigenvalue weighted by Gasteiger charge is -2.13. The van der Waals surface area contributed by atoms with Crippen molar-refractivity contribution >= 4 is 17.6 Å². The second-order valence-electron chi connectivity index (χ2n) is 5.94. The van der Waals surface area contributed by atoms with E-state index in [1.165, 1.54) is 32.1 Å². The van der Waals surface area contributed by atoms with Crippen molar-refractivity contribution in [3.8, 4) is 0 Å². The van der Waals surface area contributed by atoms with Crippen molar-refractivity contribution in [2.75, 3.05) is 25.5 Å². The number of nitrogens with one attached hydrogen (secondary N) is 3. The van der Waals surface area contributed by atoms with E-state index in [9.17, 15) is 4.79 Å². The summed E-state index contributed by atoms with van der Waals surface area (Å²) < 4.78 is 0. The first-order valence-corrected chi connectivity index (χ1v) is 8.42. The van der Waals surface area contributed by atoms with Gasteiger partial charge in [-0.1, -0.05) is 25.7 Å². The van der Waals surface area contributed by atoms with Gasteiger partial charge in [0.15, 0.2) is 5.96 Å². The number of aliphatic imine (C=N–C) groups is 1. The fraction of sp³-hybridized carbons (Fsp3) is 0.588. The Morgan fingerprint density at radius 1 is 1.35 bits per heavy atom. The molecule has 3 N–H and O–H groups in total. The molecule has 0 aromatic carbocycles. The van der Waals surface area contributed by atoms with Crippen LogP contribution in [0.25, 0.3) is 0 Å². The Balaban J connectivity index is 1.59. The van der Waals surface area contributed by atoms with E-state index in [0.717, 1.165) is 18.9 Å². The highest BCUT2D eigenvalue weighted by atomic mass is 16.1. The normalized spacial score (nSPS) is 15.4. The fourth-order valence-electron chi connectivity index (χ4n) is 2.92. The molecule has 1 aliphatic carbocycles. The highest BCUT2D eigenvalue weighted by Gasteiger charge is 2.14. The van der Waals surface area contributed by atoms with Crippen molar-refractivity contribution in [2.45, 2.75) is 38.5 Å². The number of guanidine groups is 1. The molecule has 1 aromatic rings. The number of hydrogen-bond donors (Lipinski definition) is 3. The van der Waals surface area contributed by atoms with Crippen LogP contribution < -0.4 is 16.0 Å². The minimum atomic E-state index is -0.119. The molecule has 0 saturated heterocycles. The zero-order valence-corrected chi connectivity index (χ0v) is 13.8. The van der Waals surface area contributed by atoms with E-state index in [1.54, 1.807) is 31.6 Å². The Morgan fingerprint density at radius 2 is 2.17 bits per heavy atom. The molecule has 2 rings (SSSR count). The molecule has 0 aliphatic heterocycles. The van der Waals surface area contributed by atoms with Gasteiger partial charge in [0.1, 0.15) is 0 Å². The first kappa shape index (κ1) is 17.2. The van der Waals surface area contributed by atoms with Gasteiger partial charge in [0.25, 0.3) is 0 Å². The third-order valence-corrected chi connectivity index (χ3v) is 4.14. The molecule has 0 unspecified atom stereocenters. The van der Waals surface area contributed by atoms with Crippen LogP contribution in [0.15, 0.2) is 29.5 Å². The summed E-state index contributed by atoms with van der Waals surface area (Å²) >= 11 is 0. The highest BCUT2D eigenvalue weighted by Crippen LogP contribution is 2.28. The molecule has 6 heteroatoms. The third-order valence-electron chi connectivity index (χ3n) is 4.14. The summed E-state index contributed by atoms with van der Waals surface area (Å²) in [6.45, 7) is 1.07. The van der Waals surface area contributed by atoms with Gasteiger partial charge in [0.05, 0.1) is 18.4 Å². The zero-order valence-electron chi connectivity index (χ0n) is 13.8. The summed E-state index contributed by atoms with van der Waals surface area (Å²) in [5, 5.41) is 9.06. The number of carbonyl (C=O) groups is 1. The van der Waals surface area contributed by atoms with Crippen molar-refractivity contribution in [2.24, 2.45) is 10.9 Å². The highest BCUT2D eigenvalue weighted by molar-refractivity contribution is 5.94. The van der Waals surface area contributed by atoms with Gasteiger partial charge in [-0.15, -0.1) is 0 Å². The van der Waals surface area contributed by atoms with E-state index >= 15 is 0 Å². The number of rotatable bonds is 7. The number of carbonyl (C=O) groups excluding carboxylic acids is 1. The lowest BCUT2D eigenvalue weighted by molar-refractivity contribution is -0.115. The molecule has 0 atom stereocenters. The summed E-state index contributed by atoms with van der Waals surface area (Å²) in [6.07, 6.45) is 11.3. The summed E-state index contributed by atoms with van der Waals surface area (Å²) in [5.74, 6) is 1.46. The number of amides is 1. The average Bonchev–Trinajstić information content (AvgIpc) is 3.08. The number of anilines is 1. The monoisotopic (exact) mass is 317 g/mol. The molecular weight excluding hydrogens is 290 g/mol. The maximum atomic E-state index is 11.9. The summed E-state index contributed by atoms with van der Waals surface area (Å²) in [6, 6.07) is 3.59. The topological polar surface area (TPSA) is 78.4 Å². The van der Waals surface area contributed by atoms with Gasteiger partial charge in [-0.2, -0.15) is 0 Å². The number of hydrogen-bond acceptors (Lipinski definition) is 3. The molecule has 0 spiro atoms. The summed E-state index contributed by atoms with van der Waals surface area (Å²) in [7, 11) is 1.71. The molecule has 1 heterocycles. The van der Waals surface area contributed by atoms with Gasteiger partial charge in [0, 0.05) is 19.8 Å². The van der Waals surface area contributed by atoms with E-state index in [2.05, 4.69) is 25.9 Å². The number of nitrogens with zero attached hydrogens (tertiary/aromatic N) is 2. The van der Waals surface area contributed by atoms with Crippen LogP contribution in [0.1, 0.15) is 38.5 Å². The minimum absolute atomic E-state index is 0.119. The molecule has 1 aliphatic rings. The van der Waals surface area contributed by atoms with Gasteiger partial charge in [-0.05, 0) is 30.9 Å². The van der Waals surface area contributed by atoms with Crippen LogP contribution >= 0.6 is 0 Å². The van der Waals surface area contributed by atoms with Gasteiger partial charge in [-0.3, -0.25) is 14.8 Å². The Morgan fingerprint density at radius 3 is 2.87 bits per heavy atom. The molecule has 6 nitrogen and oxygen atoms in total. The molecule has 1 aromatic heterocycles. The quantitative estimate of drug-likeness (QED) is 0.409. The van der Waals surface area contributed by atoms with Gasteiger partial charge < -0.3 is 16.0 Å². The second-order valence-corrected chi connectivity index (χ2v) is 5.94. The van der Waals surface area contributed by atoms with Crippen LogP contribution in [0.4, 0.5) is 5.69 Å². The second kappa shape index (κ2) is 9.82. The summed E-state index contributed by atoms with van der Waals surface area (Å²) in [4.78, 5) is 20.0. The molecule has 0 bridgehead atoms. The average molecular weight is 317 g/mol. The predicted molar refractivity (Wildman–Crippen MR) is 93.4 cm³/mol. The van der Waals surface area contributed by atoms with Crippen LogP contribution in [0.5, 0.6) is 0 Å². The van der Waals surface area contributed by atoms with Crippen LogP contribution in [0, 0.1) is 5.92 Å². The fourth-order valence-corrected chi connectivity index (χ4v) is 2.92. The van der Waals surface area contributed by atoms with E-state index in [0.29, 0.717) is 11.6 Å². The lowest BCUT2D eigenvalue weighted by Crippen LogP contribution is -2.41. The van der Waals surface area contributed by atoms with Crippen LogP contribution in [-0.4, -0.2) is 37.0 Å². The smallest absolute Gasteiger partial charge is 0.243 e. The van der Waals surface area contributed by atoms with Crippen LogP contribution in [0.3, 0.4) is 0 Å². The number of pyridine rings is 1. The van der Waals surface area contributed by atoms with Crippen molar-refractivity contribution in [1.82, 2.24) is 15.6 Å². The Labute approximate surface area is 138 Å². The molecular formula is C17H27N5O. The standard InChI is InChI=1S/C17H27N5O/c1-18-17(20-11-4-8-14-6-2-3-7-14)21-13-16(23)22-15-9-5-10-19-12-15/h5,9-10,12,14H,2-4,6-8,11,13H2,1H3,(H,22,23)(H2,18,20,21). The maximum Gasteiger partial charge on any atom is 0.243 e. The van der Waals surface area contributed by atoms with Crippen molar-refractivity contribution in [1.29, 1.82) is 0 Å². The van der Waals surface area contributed by atoms with Gasteiger partial charge >= 0.3 is 0 Å². The van der Waals surface area contributed by atoms with Gasteiger partial charge in [-0.25, -0.2) is 0 Å². The van der Waals surface area contributed by atoms with E-state index in [-0.39, 0.29) is 12.5 Å². The van der Waals surface area contributed by atoms with E-state index in [4.69, 9.17) is 0 Å². The van der Waals surface area contributed by atoms with Crippen molar-refractivity contribution in [3.63, 3.8) is 0 Å². The number of aromatic nitrogens is 1. The van der Waals surface area contributed by atoms with Gasteiger partial charge in [0.2, 0.25) is 5.91 Å². The van der Waals surface area contributed by atoms with E-state index < -0.39 is 0 Å². The van der Waals surface area contributed by atoms with Crippen molar-refractivity contribution < 1.29 is 4.79 Å². The maximum absolute atomic E-state index is 11.9. The predicted octanol–water partition coefficient (Wildman–Crippen LogP) is 2.16. The molecule has 0 radical (unpaired) electrons. The first-order chi connectivity index (χ1) is 11.3. The SMILES string of the molecule is CN=C(NCCCC1CCCC1)NCC(=O)Nc1cccnc1. The zero-order chi connectivity index (χ0) is 16.3. The largest absolute Gasteiger partial charge is 0.356 e. The summed E-state index contributed by atoms with van der Waals surface area (Å²) in [5.41, 5.74) is 0.693. The lowest BCUT2D eigenvalue weighted by atomic mass is 10.0. The third kappa shape index (κ3) is 6.67. The van der Waals surface area contributed by atoms with Crippen LogP contribution in [0.2, 0.25) is 0 Å². The molecule has 1 saturated carbocycles. The Hall–Kier alpha value is -2.11. The van der Waals surface area contributed by atoms with Crippen molar-refractivity contribution in [3.05, 3.63) is 24.5 Å². The van der Waals surface area contributed by atoms with Crippen LogP contribution in [-0.2, 0) is 4.79 Å². The first-order valence-electron chi connectivity index (χ1n) is 8.42. The Bertz CT molecular complexity index is 497. The molecule has 23 heavy (non-hydrogen) atoms. The minimum Gasteiger partial charge on any atom is -0.356 e. The Kier molecular flexibility index (Phi) is 7.36. The van der Waals surface area contributed by atoms with E-state index in [1.807, 2.05) is 0 Å². The molecule has 1 fully saturated rings. The molecule has 126 valence electrons. The molecule has 1 amide bonds.